The molecule has 1 aromatic heterocycles. The molecule has 0 saturated carbocycles. The average Bonchev–Trinajstić information content (AvgIpc) is 2.01. The molecule has 0 spiro atoms. The van der Waals surface area contributed by atoms with Gasteiger partial charge >= 0.3 is 7.60 Å². The number of pyridine rings is 1. The van der Waals surface area contributed by atoms with Crippen LogP contribution in [-0.2, 0) is 10.7 Å². The second-order valence-electron chi connectivity index (χ2n) is 2.64. The number of rotatable bonds is 3. The zero-order valence-corrected chi connectivity index (χ0v) is 9.83. The van der Waals surface area contributed by atoms with Crippen LogP contribution in [-0.4, -0.2) is 21.9 Å². The van der Waals surface area contributed by atoms with Crippen LogP contribution in [0.1, 0.15) is 5.56 Å². The van der Waals surface area contributed by atoms with Crippen molar-refractivity contribution in [2.75, 3.05) is 7.11 Å². The third-order valence-electron chi connectivity index (χ3n) is 1.46. The number of hydrogen-bond acceptors (Lipinski definition) is 3. The molecule has 0 fully saturated rings. The van der Waals surface area contributed by atoms with E-state index in [0.29, 0.717) is 10.0 Å². The van der Waals surface area contributed by atoms with E-state index < -0.39 is 7.60 Å². The minimum Gasteiger partial charge on any atom is -0.481 e. The van der Waals surface area contributed by atoms with Crippen molar-refractivity contribution in [1.29, 1.82) is 0 Å². The van der Waals surface area contributed by atoms with E-state index in [1.807, 2.05) is 0 Å². The predicted octanol–water partition coefficient (Wildman–Crippen LogP) is 1.53. The molecule has 0 radical (unpaired) electrons. The Morgan fingerprint density at radius 2 is 2.29 bits per heavy atom. The van der Waals surface area contributed by atoms with Crippen LogP contribution in [0.5, 0.6) is 5.88 Å². The molecule has 7 heteroatoms. The highest BCUT2D eigenvalue weighted by molar-refractivity contribution is 9.10. The van der Waals surface area contributed by atoms with E-state index in [1.54, 1.807) is 6.07 Å². The molecule has 14 heavy (non-hydrogen) atoms. The van der Waals surface area contributed by atoms with Gasteiger partial charge in [0.25, 0.3) is 0 Å². The van der Waals surface area contributed by atoms with Crippen molar-refractivity contribution in [2.24, 2.45) is 0 Å². The van der Waals surface area contributed by atoms with Gasteiger partial charge < -0.3 is 14.5 Å². The van der Waals surface area contributed by atoms with Gasteiger partial charge in [-0.1, -0.05) is 0 Å². The molecule has 5 nitrogen and oxygen atoms in total. The van der Waals surface area contributed by atoms with Gasteiger partial charge in [-0.15, -0.1) is 0 Å². The lowest BCUT2D eigenvalue weighted by Gasteiger charge is -2.08. The van der Waals surface area contributed by atoms with Crippen molar-refractivity contribution in [3.8, 4) is 5.88 Å². The molecule has 1 heterocycles. The summed E-state index contributed by atoms with van der Waals surface area (Å²) in [5, 5.41) is 0. The lowest BCUT2D eigenvalue weighted by molar-refractivity contribution is 0.366. The van der Waals surface area contributed by atoms with E-state index in [2.05, 4.69) is 20.9 Å². The molecule has 0 unspecified atom stereocenters. The van der Waals surface area contributed by atoms with Crippen molar-refractivity contribution < 1.29 is 19.1 Å². The third kappa shape index (κ3) is 3.38. The smallest absolute Gasteiger partial charge is 0.330 e. The quantitative estimate of drug-likeness (QED) is 0.822. The van der Waals surface area contributed by atoms with Crippen LogP contribution in [0, 0.1) is 0 Å². The summed E-state index contributed by atoms with van der Waals surface area (Å²) in [6.07, 6.45) is 1.13. The van der Waals surface area contributed by atoms with Crippen LogP contribution in [0.4, 0.5) is 0 Å². The Balaban J connectivity index is 3.05. The summed E-state index contributed by atoms with van der Waals surface area (Å²) in [7, 11) is -2.69. The maximum Gasteiger partial charge on any atom is 0.330 e. The zero-order chi connectivity index (χ0) is 10.8. The first kappa shape index (κ1) is 11.7. The molecule has 0 atom stereocenters. The molecule has 0 amide bonds. The van der Waals surface area contributed by atoms with Crippen LogP contribution in [0.2, 0.25) is 0 Å². The number of hydrogen-bond donors (Lipinski definition) is 2. The molecular weight excluding hydrogens is 273 g/mol. The summed E-state index contributed by atoms with van der Waals surface area (Å²) >= 11 is 3.16. The van der Waals surface area contributed by atoms with Gasteiger partial charge in [-0.2, -0.15) is 0 Å². The van der Waals surface area contributed by atoms with Crippen molar-refractivity contribution >= 4 is 23.5 Å². The van der Waals surface area contributed by atoms with E-state index in [9.17, 15) is 4.57 Å². The average molecular weight is 282 g/mol. The number of methoxy groups -OCH3 is 1. The summed E-state index contributed by atoms with van der Waals surface area (Å²) in [4.78, 5) is 21.5. The molecule has 0 saturated heterocycles. The van der Waals surface area contributed by atoms with Crippen LogP contribution < -0.4 is 4.74 Å². The predicted molar refractivity (Wildman–Crippen MR) is 54.2 cm³/mol. The van der Waals surface area contributed by atoms with Gasteiger partial charge in [0.2, 0.25) is 5.88 Å². The second-order valence-corrected chi connectivity index (χ2v) is 5.21. The van der Waals surface area contributed by atoms with Crippen LogP contribution in [0.3, 0.4) is 0 Å². The van der Waals surface area contributed by atoms with E-state index >= 15 is 0 Å². The van der Waals surface area contributed by atoms with Gasteiger partial charge in [0.1, 0.15) is 0 Å². The summed E-state index contributed by atoms with van der Waals surface area (Å²) in [5.41, 5.74) is 0.384. The third-order valence-corrected chi connectivity index (χ3v) is 2.65. The van der Waals surface area contributed by atoms with Gasteiger partial charge in [-0.05, 0) is 22.0 Å². The normalized spacial score (nSPS) is 11.4. The Bertz CT molecular complexity index is 378. The Labute approximate surface area is 89.4 Å². The van der Waals surface area contributed by atoms with E-state index in [0.717, 1.165) is 0 Å². The van der Waals surface area contributed by atoms with Gasteiger partial charge in [-0.25, -0.2) is 4.98 Å². The fourth-order valence-corrected chi connectivity index (χ4v) is 2.04. The molecule has 1 rings (SSSR count). The molecule has 2 N–H and O–H groups in total. The molecule has 0 aromatic carbocycles. The summed E-state index contributed by atoms with van der Waals surface area (Å²) < 4.78 is 16.3. The zero-order valence-electron chi connectivity index (χ0n) is 7.35. The van der Waals surface area contributed by atoms with Gasteiger partial charge in [-0.3, -0.25) is 4.57 Å². The summed E-state index contributed by atoms with van der Waals surface area (Å²) in [5.74, 6) is 0.233. The monoisotopic (exact) mass is 281 g/mol. The Morgan fingerprint density at radius 1 is 1.64 bits per heavy atom. The first-order valence-electron chi connectivity index (χ1n) is 3.65. The SMILES string of the molecule is COc1ncc(Br)cc1CP(=O)(O)O. The van der Waals surface area contributed by atoms with E-state index in [4.69, 9.17) is 14.5 Å². The van der Waals surface area contributed by atoms with Gasteiger partial charge in [0.15, 0.2) is 0 Å². The Morgan fingerprint density at radius 3 is 2.79 bits per heavy atom. The minimum absolute atomic E-state index is 0.233. The molecule has 0 aliphatic rings. The number of nitrogens with zero attached hydrogens (tertiary/aromatic N) is 1. The Kier molecular flexibility index (Phi) is 3.66. The van der Waals surface area contributed by atoms with Gasteiger partial charge in [0.05, 0.1) is 13.3 Å². The minimum atomic E-state index is -4.09. The van der Waals surface area contributed by atoms with E-state index in [-0.39, 0.29) is 12.0 Å². The molecule has 0 aliphatic carbocycles. The first-order valence-corrected chi connectivity index (χ1v) is 6.24. The highest BCUT2D eigenvalue weighted by Crippen LogP contribution is 2.41. The lowest BCUT2D eigenvalue weighted by Crippen LogP contribution is -1.95. The maximum atomic E-state index is 10.8. The number of ether oxygens (including phenoxy) is 1. The summed E-state index contributed by atoms with van der Waals surface area (Å²) in [6.45, 7) is 0. The van der Waals surface area contributed by atoms with Crippen LogP contribution in [0.15, 0.2) is 16.7 Å². The van der Waals surface area contributed by atoms with Crippen molar-refractivity contribution in [1.82, 2.24) is 4.98 Å². The summed E-state index contributed by atoms with van der Waals surface area (Å²) in [6, 6.07) is 1.57. The highest BCUT2D eigenvalue weighted by atomic mass is 79.9. The number of halogens is 1. The maximum absolute atomic E-state index is 10.8. The van der Waals surface area contributed by atoms with Crippen LogP contribution >= 0.6 is 23.5 Å². The fourth-order valence-electron chi connectivity index (χ4n) is 0.988. The highest BCUT2D eigenvalue weighted by Gasteiger charge is 2.18. The van der Waals surface area contributed by atoms with Crippen LogP contribution in [0.25, 0.3) is 0 Å². The standard InChI is InChI=1S/C7H9BrNO4P/c1-13-7-5(4-14(10,11)12)2-6(8)3-9-7/h2-3H,4H2,1H3,(H2,10,11,12). The molecular formula is C7H9BrNO4P. The number of aromatic nitrogens is 1. The Hall–Kier alpha value is -0.420. The largest absolute Gasteiger partial charge is 0.481 e. The van der Waals surface area contributed by atoms with E-state index in [1.165, 1.54) is 13.3 Å². The first-order chi connectivity index (χ1) is 6.42. The molecule has 0 bridgehead atoms. The van der Waals surface area contributed by atoms with Crippen molar-refractivity contribution in [3.63, 3.8) is 0 Å². The second kappa shape index (κ2) is 4.40. The van der Waals surface area contributed by atoms with Crippen molar-refractivity contribution in [2.45, 2.75) is 6.16 Å². The topological polar surface area (TPSA) is 79.7 Å². The molecule has 78 valence electrons. The lowest BCUT2D eigenvalue weighted by atomic mass is 10.3. The van der Waals surface area contributed by atoms with Crippen molar-refractivity contribution in [3.05, 3.63) is 22.3 Å². The molecule has 1 aromatic rings. The van der Waals surface area contributed by atoms with Gasteiger partial charge in [0, 0.05) is 16.2 Å². The molecule has 0 aliphatic heterocycles. The fraction of sp³-hybridized carbons (Fsp3) is 0.286.